The Kier molecular flexibility index (Phi) is 2.23. The third-order valence-electron chi connectivity index (χ3n) is 2.09. The summed E-state index contributed by atoms with van der Waals surface area (Å²) in [6.07, 6.45) is 0.700. The second-order valence-corrected chi connectivity index (χ2v) is 3.36. The van der Waals surface area contributed by atoms with Gasteiger partial charge in [0.2, 0.25) is 0 Å². The van der Waals surface area contributed by atoms with Crippen molar-refractivity contribution in [2.24, 2.45) is 0 Å². The van der Waals surface area contributed by atoms with Crippen molar-refractivity contribution in [2.45, 2.75) is 13.3 Å². The molecule has 1 N–H and O–H groups in total. The van der Waals surface area contributed by atoms with E-state index >= 15 is 0 Å². The second-order valence-electron chi connectivity index (χ2n) is 3.36. The third kappa shape index (κ3) is 1.93. The van der Waals surface area contributed by atoms with Crippen molar-refractivity contribution in [3.63, 3.8) is 0 Å². The van der Waals surface area contributed by atoms with E-state index in [0.29, 0.717) is 6.42 Å². The van der Waals surface area contributed by atoms with E-state index in [1.807, 2.05) is 31.2 Å². The maximum atomic E-state index is 10.7. The molecule has 3 heteroatoms. The van der Waals surface area contributed by atoms with Crippen LogP contribution in [0, 0.1) is 6.92 Å². The van der Waals surface area contributed by atoms with Gasteiger partial charge in [-0.15, -0.1) is 0 Å². The number of aromatic nitrogens is 1. The second kappa shape index (κ2) is 3.54. The fraction of sp³-hybridized carbons (Fsp3) is 0.182. The molecule has 0 saturated carbocycles. The van der Waals surface area contributed by atoms with Crippen LogP contribution in [0.15, 0.2) is 39.6 Å². The van der Waals surface area contributed by atoms with Gasteiger partial charge in [-0.25, -0.2) is 9.95 Å². The van der Waals surface area contributed by atoms with E-state index < -0.39 is 0 Å². The summed E-state index contributed by atoms with van der Waals surface area (Å²) in [5.74, 6) is 0. The molecule has 1 aromatic heterocycles. The molecule has 0 aliphatic rings. The Morgan fingerprint density at radius 2 is 2.00 bits per heavy atom. The third-order valence-corrected chi connectivity index (χ3v) is 2.09. The number of aryl methyl sites for hydroxylation is 1. The number of rotatable bonds is 2. The molecule has 0 aliphatic carbocycles. The van der Waals surface area contributed by atoms with Crippen molar-refractivity contribution < 1.29 is 4.52 Å². The molecule has 72 valence electrons. The van der Waals surface area contributed by atoms with Crippen LogP contribution >= 0.6 is 0 Å². The van der Waals surface area contributed by atoms with Gasteiger partial charge in [-0.3, -0.25) is 0 Å². The van der Waals surface area contributed by atoms with E-state index in [4.69, 9.17) is 0 Å². The predicted octanol–water partition coefficient (Wildman–Crippen LogP) is 1.87. The van der Waals surface area contributed by atoms with E-state index in [-0.39, 0.29) is 5.63 Å². The maximum Gasteiger partial charge on any atom is 0.357 e. The lowest BCUT2D eigenvalue weighted by atomic mass is 10.1. The van der Waals surface area contributed by atoms with Crippen LogP contribution in [0.1, 0.15) is 16.8 Å². The first-order valence-electron chi connectivity index (χ1n) is 4.47. The topological polar surface area (TPSA) is 46.0 Å². The molecule has 3 nitrogen and oxygen atoms in total. The zero-order chi connectivity index (χ0) is 9.97. The van der Waals surface area contributed by atoms with Crippen molar-refractivity contribution in [3.8, 4) is 0 Å². The van der Waals surface area contributed by atoms with Crippen molar-refractivity contribution in [3.05, 3.63) is 57.6 Å². The minimum Gasteiger partial charge on any atom is -0.339 e. The van der Waals surface area contributed by atoms with Gasteiger partial charge in [0.05, 0.1) is 5.69 Å². The highest BCUT2D eigenvalue weighted by molar-refractivity contribution is 5.24. The first-order chi connectivity index (χ1) is 6.74. The van der Waals surface area contributed by atoms with E-state index in [2.05, 4.69) is 9.68 Å². The lowest BCUT2D eigenvalue weighted by molar-refractivity contribution is 0.386. The van der Waals surface area contributed by atoms with Gasteiger partial charge in [-0.2, -0.15) is 0 Å². The molecule has 14 heavy (non-hydrogen) atoms. The summed E-state index contributed by atoms with van der Waals surface area (Å²) in [7, 11) is 0. The van der Waals surface area contributed by atoms with Crippen molar-refractivity contribution in [2.75, 3.05) is 0 Å². The summed E-state index contributed by atoms with van der Waals surface area (Å²) in [5, 5.41) is 2.58. The lowest BCUT2D eigenvalue weighted by Gasteiger charge is -1.98. The fourth-order valence-corrected chi connectivity index (χ4v) is 1.33. The highest BCUT2D eigenvalue weighted by atomic mass is 16.5. The highest BCUT2D eigenvalue weighted by Crippen LogP contribution is 2.07. The molecule has 1 heterocycles. The van der Waals surface area contributed by atoms with Crippen LogP contribution in [-0.4, -0.2) is 5.16 Å². The molecule has 0 fully saturated rings. The van der Waals surface area contributed by atoms with Crippen molar-refractivity contribution in [1.29, 1.82) is 0 Å². The summed E-state index contributed by atoms with van der Waals surface area (Å²) in [6.45, 7) is 2.05. The van der Waals surface area contributed by atoms with Gasteiger partial charge < -0.3 is 4.52 Å². The normalized spacial score (nSPS) is 10.4. The molecule has 0 spiro atoms. The Morgan fingerprint density at radius 3 is 2.57 bits per heavy atom. The lowest BCUT2D eigenvalue weighted by Crippen LogP contribution is -1.89. The van der Waals surface area contributed by atoms with Crippen LogP contribution in [-0.2, 0) is 6.42 Å². The summed E-state index contributed by atoms with van der Waals surface area (Å²) in [4.78, 5) is 10.7. The van der Waals surface area contributed by atoms with E-state index in [1.54, 1.807) is 0 Å². The zero-order valence-electron chi connectivity index (χ0n) is 7.91. The van der Waals surface area contributed by atoms with Crippen molar-refractivity contribution in [1.82, 2.24) is 5.16 Å². The fourth-order valence-electron chi connectivity index (χ4n) is 1.33. The highest BCUT2D eigenvalue weighted by Gasteiger charge is 1.99. The molecular formula is C11H11NO2. The number of hydrogen-bond acceptors (Lipinski definition) is 2. The number of nitrogens with one attached hydrogen (secondary N) is 1. The largest absolute Gasteiger partial charge is 0.357 e. The standard InChI is InChI=1S/C11H11NO2/c1-8-2-4-9(5-3-8)6-10-7-11(13)14-12-10/h2-5,7,12H,6H2,1H3. The average Bonchev–Trinajstić information content (AvgIpc) is 2.56. The Balaban J connectivity index is 2.19. The van der Waals surface area contributed by atoms with Crippen LogP contribution in [0.25, 0.3) is 0 Å². The Bertz CT molecular complexity index is 465. The zero-order valence-corrected chi connectivity index (χ0v) is 7.91. The molecule has 0 atom stereocenters. The molecule has 0 unspecified atom stereocenters. The first-order valence-corrected chi connectivity index (χ1v) is 4.47. The summed E-state index contributed by atoms with van der Waals surface area (Å²) in [5.41, 5.74) is 2.87. The van der Waals surface area contributed by atoms with Crippen LogP contribution < -0.4 is 5.63 Å². The molecule has 0 saturated heterocycles. The number of aromatic amines is 1. The smallest absolute Gasteiger partial charge is 0.339 e. The number of hydrogen-bond donors (Lipinski definition) is 1. The molecular weight excluding hydrogens is 178 g/mol. The Hall–Kier alpha value is -1.77. The predicted molar refractivity (Wildman–Crippen MR) is 53.3 cm³/mol. The minimum atomic E-state index is -0.327. The summed E-state index contributed by atoms with van der Waals surface area (Å²) in [6, 6.07) is 9.65. The van der Waals surface area contributed by atoms with Gasteiger partial charge in [-0.1, -0.05) is 29.8 Å². The van der Waals surface area contributed by atoms with Gasteiger partial charge in [0.1, 0.15) is 0 Å². The molecule has 2 rings (SSSR count). The molecule has 1 aromatic carbocycles. The van der Waals surface area contributed by atoms with Crippen LogP contribution in [0.4, 0.5) is 0 Å². The van der Waals surface area contributed by atoms with Crippen LogP contribution in [0.3, 0.4) is 0 Å². The maximum absolute atomic E-state index is 10.7. The summed E-state index contributed by atoms with van der Waals surface area (Å²) < 4.78 is 4.58. The average molecular weight is 189 g/mol. The van der Waals surface area contributed by atoms with Gasteiger partial charge in [0.15, 0.2) is 0 Å². The Morgan fingerprint density at radius 1 is 1.29 bits per heavy atom. The SMILES string of the molecule is Cc1ccc(Cc2cc(=O)o[nH]2)cc1. The van der Waals surface area contributed by atoms with Crippen molar-refractivity contribution >= 4 is 0 Å². The number of H-pyrrole nitrogens is 1. The molecule has 0 aliphatic heterocycles. The van der Waals surface area contributed by atoms with Crippen LogP contribution in [0.5, 0.6) is 0 Å². The van der Waals surface area contributed by atoms with Gasteiger partial charge in [0, 0.05) is 12.5 Å². The Labute approximate surface area is 81.3 Å². The van der Waals surface area contributed by atoms with E-state index in [9.17, 15) is 4.79 Å². The summed E-state index contributed by atoms with van der Waals surface area (Å²) >= 11 is 0. The first kappa shape index (κ1) is 8.81. The molecule has 0 amide bonds. The molecule has 0 bridgehead atoms. The van der Waals surface area contributed by atoms with E-state index in [0.717, 1.165) is 11.3 Å². The molecule has 2 aromatic rings. The van der Waals surface area contributed by atoms with Gasteiger partial charge >= 0.3 is 5.63 Å². The van der Waals surface area contributed by atoms with E-state index in [1.165, 1.54) is 11.6 Å². The van der Waals surface area contributed by atoms with Gasteiger partial charge in [0.25, 0.3) is 0 Å². The quantitative estimate of drug-likeness (QED) is 0.783. The van der Waals surface area contributed by atoms with Gasteiger partial charge in [-0.05, 0) is 12.5 Å². The molecule has 0 radical (unpaired) electrons. The van der Waals surface area contributed by atoms with Crippen LogP contribution in [0.2, 0.25) is 0 Å². The monoisotopic (exact) mass is 189 g/mol. The minimum absolute atomic E-state index is 0.327. The number of benzene rings is 1.